The Morgan fingerprint density at radius 1 is 1.12 bits per heavy atom. The molecule has 90 valence electrons. The molecule has 0 aliphatic heterocycles. The average Bonchev–Trinajstić information content (AvgIpc) is 2.08. The topological polar surface area (TPSA) is 0 Å². The molecule has 0 saturated heterocycles. The van der Waals surface area contributed by atoms with E-state index in [0.717, 1.165) is 17.0 Å². The molecule has 0 aromatic heterocycles. The minimum absolute atomic E-state index is 0.00759. The van der Waals surface area contributed by atoms with Crippen molar-refractivity contribution in [1.82, 2.24) is 0 Å². The smallest absolute Gasteiger partial charge is 0.0605 e. The summed E-state index contributed by atoms with van der Waals surface area (Å²) in [6, 6.07) is 4.12. The first kappa shape index (κ1) is 13.9. The van der Waals surface area contributed by atoms with Crippen molar-refractivity contribution in [2.75, 3.05) is 0 Å². The Balaban J connectivity index is 3.00. The third-order valence-corrected chi connectivity index (χ3v) is 3.46. The van der Waals surface area contributed by atoms with E-state index in [2.05, 4.69) is 40.7 Å². The lowest BCUT2D eigenvalue weighted by atomic mass is 9.88. The average molecular weight is 259 g/mol. The number of halogens is 2. The van der Waals surface area contributed by atoms with Gasteiger partial charge >= 0.3 is 0 Å². The highest BCUT2D eigenvalue weighted by molar-refractivity contribution is 6.32. The van der Waals surface area contributed by atoms with Crippen LogP contribution in [0.3, 0.4) is 0 Å². The molecule has 0 nitrogen and oxygen atoms in total. The Labute approximate surface area is 109 Å². The fraction of sp³-hybridized carbons (Fsp3) is 0.571. The SMILES string of the molecule is Cc1cc(Cl)c(C(Cl)CC(C)(C)C)cc1C. The van der Waals surface area contributed by atoms with Crippen molar-refractivity contribution >= 4 is 23.2 Å². The second-order valence-corrected chi connectivity index (χ2v) is 6.62. The van der Waals surface area contributed by atoms with Gasteiger partial charge in [0.1, 0.15) is 0 Å². The molecule has 1 unspecified atom stereocenters. The number of benzene rings is 1. The van der Waals surface area contributed by atoms with Crippen LogP contribution in [0.15, 0.2) is 12.1 Å². The number of aryl methyl sites for hydroxylation is 2. The fourth-order valence-electron chi connectivity index (χ4n) is 1.69. The van der Waals surface area contributed by atoms with Crippen molar-refractivity contribution in [3.8, 4) is 0 Å². The van der Waals surface area contributed by atoms with E-state index in [4.69, 9.17) is 23.2 Å². The van der Waals surface area contributed by atoms with E-state index in [1.165, 1.54) is 11.1 Å². The molecule has 0 N–H and O–H groups in total. The Morgan fingerprint density at radius 3 is 2.12 bits per heavy atom. The Bertz CT molecular complexity index is 375. The quantitative estimate of drug-likeness (QED) is 0.600. The summed E-state index contributed by atoms with van der Waals surface area (Å²) in [5.74, 6) is 0. The first-order valence-electron chi connectivity index (χ1n) is 5.61. The minimum atomic E-state index is -0.00759. The molecule has 0 aliphatic rings. The van der Waals surface area contributed by atoms with Crippen LogP contribution in [0.1, 0.15) is 49.3 Å². The molecule has 0 heterocycles. The lowest BCUT2D eigenvalue weighted by molar-refractivity contribution is 0.372. The zero-order valence-electron chi connectivity index (χ0n) is 10.7. The van der Waals surface area contributed by atoms with Crippen molar-refractivity contribution in [2.45, 2.75) is 46.4 Å². The summed E-state index contributed by atoms with van der Waals surface area (Å²) >= 11 is 12.7. The van der Waals surface area contributed by atoms with E-state index >= 15 is 0 Å². The van der Waals surface area contributed by atoms with E-state index in [-0.39, 0.29) is 10.8 Å². The van der Waals surface area contributed by atoms with Crippen LogP contribution in [0.25, 0.3) is 0 Å². The molecule has 2 heteroatoms. The summed E-state index contributed by atoms with van der Waals surface area (Å²) in [5.41, 5.74) is 3.74. The number of rotatable bonds is 2. The van der Waals surface area contributed by atoms with Gasteiger partial charge in [-0.15, -0.1) is 11.6 Å². The van der Waals surface area contributed by atoms with E-state index < -0.39 is 0 Å². The van der Waals surface area contributed by atoms with Crippen LogP contribution in [0, 0.1) is 19.3 Å². The molecular weight excluding hydrogens is 239 g/mol. The normalized spacial score (nSPS) is 13.9. The largest absolute Gasteiger partial charge is 0.118 e. The lowest BCUT2D eigenvalue weighted by Crippen LogP contribution is -2.09. The van der Waals surface area contributed by atoms with E-state index in [0.29, 0.717) is 0 Å². The highest BCUT2D eigenvalue weighted by Crippen LogP contribution is 2.38. The molecule has 0 aliphatic carbocycles. The highest BCUT2D eigenvalue weighted by atomic mass is 35.5. The minimum Gasteiger partial charge on any atom is -0.118 e. The third-order valence-electron chi connectivity index (χ3n) is 2.74. The Kier molecular flexibility index (Phi) is 4.31. The van der Waals surface area contributed by atoms with Crippen molar-refractivity contribution in [3.63, 3.8) is 0 Å². The van der Waals surface area contributed by atoms with Crippen molar-refractivity contribution < 1.29 is 0 Å². The molecular formula is C14H20Cl2. The van der Waals surface area contributed by atoms with Crippen LogP contribution < -0.4 is 0 Å². The molecule has 16 heavy (non-hydrogen) atoms. The van der Waals surface area contributed by atoms with Crippen molar-refractivity contribution in [3.05, 3.63) is 33.8 Å². The first-order valence-corrected chi connectivity index (χ1v) is 6.43. The Morgan fingerprint density at radius 2 is 1.62 bits per heavy atom. The maximum atomic E-state index is 6.44. The van der Waals surface area contributed by atoms with Gasteiger partial charge in [0.15, 0.2) is 0 Å². The summed E-state index contributed by atoms with van der Waals surface area (Å²) in [6.07, 6.45) is 0.927. The summed E-state index contributed by atoms with van der Waals surface area (Å²) in [6.45, 7) is 10.7. The van der Waals surface area contributed by atoms with Gasteiger partial charge in [0.05, 0.1) is 5.38 Å². The van der Waals surface area contributed by atoms with Crippen LogP contribution in [-0.4, -0.2) is 0 Å². The molecule has 0 fully saturated rings. The van der Waals surface area contributed by atoms with Crippen LogP contribution in [0.2, 0.25) is 5.02 Å². The van der Waals surface area contributed by atoms with Gasteiger partial charge < -0.3 is 0 Å². The zero-order valence-corrected chi connectivity index (χ0v) is 12.2. The van der Waals surface area contributed by atoms with E-state index in [1.54, 1.807) is 0 Å². The van der Waals surface area contributed by atoms with Crippen LogP contribution >= 0.6 is 23.2 Å². The molecule has 0 spiro atoms. The van der Waals surface area contributed by atoms with E-state index in [9.17, 15) is 0 Å². The predicted octanol–water partition coefficient (Wildman–Crippen LogP) is 5.67. The van der Waals surface area contributed by atoms with Gasteiger partial charge in [-0.25, -0.2) is 0 Å². The number of hydrogen-bond donors (Lipinski definition) is 0. The Hall–Kier alpha value is -0.200. The van der Waals surface area contributed by atoms with Gasteiger partial charge in [-0.2, -0.15) is 0 Å². The second-order valence-electron chi connectivity index (χ2n) is 5.69. The number of alkyl halides is 1. The molecule has 1 aromatic rings. The predicted molar refractivity (Wildman–Crippen MR) is 73.6 cm³/mol. The maximum absolute atomic E-state index is 6.44. The lowest BCUT2D eigenvalue weighted by Gasteiger charge is -2.23. The van der Waals surface area contributed by atoms with E-state index in [1.807, 2.05) is 6.07 Å². The van der Waals surface area contributed by atoms with Gasteiger partial charge in [0.2, 0.25) is 0 Å². The molecule has 1 rings (SSSR count). The first-order chi connectivity index (χ1) is 7.20. The van der Waals surface area contributed by atoms with Crippen LogP contribution in [0.5, 0.6) is 0 Å². The second kappa shape index (κ2) is 4.98. The summed E-state index contributed by atoms with van der Waals surface area (Å²) in [5, 5.41) is 0.777. The number of hydrogen-bond acceptors (Lipinski definition) is 0. The molecule has 0 radical (unpaired) electrons. The standard InChI is InChI=1S/C14H20Cl2/c1-9-6-11(12(15)7-10(9)2)13(16)8-14(3,4)5/h6-7,13H,8H2,1-5H3. The summed E-state index contributed by atoms with van der Waals surface area (Å²) in [4.78, 5) is 0. The van der Waals surface area contributed by atoms with Crippen LogP contribution in [-0.2, 0) is 0 Å². The highest BCUT2D eigenvalue weighted by Gasteiger charge is 2.20. The van der Waals surface area contributed by atoms with Gasteiger partial charge in [0.25, 0.3) is 0 Å². The third kappa shape index (κ3) is 3.68. The van der Waals surface area contributed by atoms with Gasteiger partial charge in [-0.3, -0.25) is 0 Å². The summed E-state index contributed by atoms with van der Waals surface area (Å²) in [7, 11) is 0. The van der Waals surface area contributed by atoms with Crippen molar-refractivity contribution in [1.29, 1.82) is 0 Å². The molecule has 0 saturated carbocycles. The van der Waals surface area contributed by atoms with Gasteiger partial charge in [-0.1, -0.05) is 38.4 Å². The van der Waals surface area contributed by atoms with Crippen LogP contribution in [0.4, 0.5) is 0 Å². The van der Waals surface area contributed by atoms with Crippen molar-refractivity contribution in [2.24, 2.45) is 5.41 Å². The maximum Gasteiger partial charge on any atom is 0.0605 e. The fourth-order valence-corrected chi connectivity index (χ4v) is 2.74. The molecule has 1 aromatic carbocycles. The molecule has 1 atom stereocenters. The van der Waals surface area contributed by atoms with Gasteiger partial charge in [0, 0.05) is 5.02 Å². The summed E-state index contributed by atoms with van der Waals surface area (Å²) < 4.78 is 0. The molecule has 0 amide bonds. The van der Waals surface area contributed by atoms with Gasteiger partial charge in [-0.05, 0) is 48.4 Å². The monoisotopic (exact) mass is 258 g/mol. The zero-order chi connectivity index (χ0) is 12.5. The molecule has 0 bridgehead atoms.